The normalized spacial score (nSPS) is 15.9. The van der Waals surface area contributed by atoms with Crippen LogP contribution < -0.4 is 20.1 Å². The average Bonchev–Trinajstić information content (AvgIpc) is 2.76. The molecule has 0 saturated heterocycles. The van der Waals surface area contributed by atoms with E-state index in [-0.39, 0.29) is 11.8 Å². The summed E-state index contributed by atoms with van der Waals surface area (Å²) in [6.45, 7) is 3.37. The molecule has 4 rings (SSSR count). The molecule has 2 amide bonds. The molecule has 6 nitrogen and oxygen atoms in total. The highest BCUT2D eigenvalue weighted by Gasteiger charge is 2.24. The van der Waals surface area contributed by atoms with Gasteiger partial charge in [0.25, 0.3) is 11.8 Å². The minimum Gasteiger partial charge on any atom is -0.481 e. The maximum Gasteiger partial charge on any atom is 0.265 e. The van der Waals surface area contributed by atoms with Crippen LogP contribution in [0.3, 0.4) is 0 Å². The van der Waals surface area contributed by atoms with Gasteiger partial charge < -0.3 is 20.1 Å². The van der Waals surface area contributed by atoms with E-state index in [0.29, 0.717) is 22.9 Å². The van der Waals surface area contributed by atoms with Gasteiger partial charge in [0.15, 0.2) is 12.2 Å². The smallest absolute Gasteiger partial charge is 0.265 e. The van der Waals surface area contributed by atoms with Gasteiger partial charge in [0.05, 0.1) is 5.69 Å². The van der Waals surface area contributed by atoms with Crippen molar-refractivity contribution >= 4 is 23.2 Å². The lowest BCUT2D eigenvalue weighted by Crippen LogP contribution is -2.34. The van der Waals surface area contributed by atoms with Crippen molar-refractivity contribution in [2.75, 3.05) is 10.6 Å². The van der Waals surface area contributed by atoms with Crippen LogP contribution in [0, 0.1) is 0 Å². The van der Waals surface area contributed by atoms with E-state index in [1.54, 1.807) is 32.0 Å². The van der Waals surface area contributed by atoms with E-state index in [0.717, 1.165) is 11.1 Å². The number of rotatable bonds is 5. The van der Waals surface area contributed by atoms with Gasteiger partial charge in [-0.05, 0) is 55.3 Å². The largest absolute Gasteiger partial charge is 0.481 e. The van der Waals surface area contributed by atoms with E-state index < -0.39 is 12.2 Å². The molecule has 0 aromatic heterocycles. The number of anilines is 2. The molecule has 152 valence electrons. The molecular weight excluding hydrogens is 380 g/mol. The van der Waals surface area contributed by atoms with Crippen LogP contribution in [0.15, 0.2) is 72.8 Å². The third kappa shape index (κ3) is 4.27. The molecule has 0 fully saturated rings. The van der Waals surface area contributed by atoms with Gasteiger partial charge in [0.1, 0.15) is 11.5 Å². The van der Waals surface area contributed by atoms with Gasteiger partial charge in [-0.1, -0.05) is 42.5 Å². The molecular formula is C24H22N2O4. The number of carbonyl (C=O) groups excluding carboxylic acids is 2. The molecule has 1 aliphatic heterocycles. The second kappa shape index (κ2) is 8.29. The monoisotopic (exact) mass is 402 g/mol. The summed E-state index contributed by atoms with van der Waals surface area (Å²) in [4.78, 5) is 24.3. The van der Waals surface area contributed by atoms with E-state index in [2.05, 4.69) is 10.6 Å². The molecule has 0 saturated carbocycles. The van der Waals surface area contributed by atoms with E-state index in [9.17, 15) is 9.59 Å². The summed E-state index contributed by atoms with van der Waals surface area (Å²) >= 11 is 0. The lowest BCUT2D eigenvalue weighted by molar-refractivity contribution is -0.123. The molecule has 0 aliphatic carbocycles. The first kappa shape index (κ1) is 19.5. The third-order valence-corrected chi connectivity index (χ3v) is 4.82. The van der Waals surface area contributed by atoms with Crippen LogP contribution in [-0.2, 0) is 9.59 Å². The van der Waals surface area contributed by atoms with Crippen LogP contribution in [-0.4, -0.2) is 24.0 Å². The van der Waals surface area contributed by atoms with Crippen molar-refractivity contribution in [2.45, 2.75) is 26.1 Å². The maximum absolute atomic E-state index is 12.5. The fourth-order valence-corrected chi connectivity index (χ4v) is 3.14. The Morgan fingerprint density at radius 3 is 2.47 bits per heavy atom. The minimum atomic E-state index is -0.700. The second-order valence-corrected chi connectivity index (χ2v) is 7.10. The van der Waals surface area contributed by atoms with Crippen LogP contribution >= 0.6 is 0 Å². The summed E-state index contributed by atoms with van der Waals surface area (Å²) in [5, 5.41) is 5.57. The summed E-state index contributed by atoms with van der Waals surface area (Å²) in [7, 11) is 0. The number of ether oxygens (including phenoxy) is 2. The molecule has 2 N–H and O–H groups in total. The van der Waals surface area contributed by atoms with E-state index in [4.69, 9.17) is 9.47 Å². The SMILES string of the molecule is CC(Oc1ccc(-c2ccccc2)cc1)C(=O)Nc1ccc2c(c1)NC(=O)C(C)O2. The molecule has 3 aromatic carbocycles. The number of carbonyl (C=O) groups is 2. The maximum atomic E-state index is 12.5. The Morgan fingerprint density at radius 1 is 1.03 bits per heavy atom. The Balaban J connectivity index is 1.38. The fraction of sp³-hybridized carbons (Fsp3) is 0.167. The highest BCUT2D eigenvalue weighted by Crippen LogP contribution is 2.32. The van der Waals surface area contributed by atoms with Gasteiger partial charge in [0.2, 0.25) is 0 Å². The zero-order valence-electron chi connectivity index (χ0n) is 16.7. The molecule has 6 heteroatoms. The van der Waals surface area contributed by atoms with Crippen molar-refractivity contribution in [1.29, 1.82) is 0 Å². The van der Waals surface area contributed by atoms with Gasteiger partial charge in [-0.2, -0.15) is 0 Å². The Kier molecular flexibility index (Phi) is 5.39. The van der Waals surface area contributed by atoms with Crippen LogP contribution in [0.4, 0.5) is 11.4 Å². The first-order valence-electron chi connectivity index (χ1n) is 9.74. The standard InChI is InChI=1S/C24H22N2O4/c1-15(29-20-11-8-18(9-12-20)17-6-4-3-5-7-17)23(27)25-19-10-13-22-21(14-19)26-24(28)16(2)30-22/h3-16H,1-2H3,(H,25,27)(H,26,28). The summed E-state index contributed by atoms with van der Waals surface area (Å²) in [5.74, 6) is 0.667. The summed E-state index contributed by atoms with van der Waals surface area (Å²) < 4.78 is 11.3. The molecule has 1 aliphatic rings. The Hall–Kier alpha value is -3.80. The summed E-state index contributed by atoms with van der Waals surface area (Å²) in [5.41, 5.74) is 3.27. The number of fused-ring (bicyclic) bond motifs is 1. The topological polar surface area (TPSA) is 76.7 Å². The molecule has 2 atom stereocenters. The van der Waals surface area contributed by atoms with Crippen molar-refractivity contribution in [3.05, 3.63) is 72.8 Å². The third-order valence-electron chi connectivity index (χ3n) is 4.82. The van der Waals surface area contributed by atoms with Crippen LogP contribution in [0.1, 0.15) is 13.8 Å². The van der Waals surface area contributed by atoms with Gasteiger partial charge in [-0.25, -0.2) is 0 Å². The second-order valence-electron chi connectivity index (χ2n) is 7.10. The quantitative estimate of drug-likeness (QED) is 0.660. The first-order chi connectivity index (χ1) is 14.5. The lowest BCUT2D eigenvalue weighted by Gasteiger charge is -2.24. The molecule has 3 aromatic rings. The highest BCUT2D eigenvalue weighted by molar-refractivity contribution is 5.99. The molecule has 0 radical (unpaired) electrons. The van der Waals surface area contributed by atoms with Gasteiger partial charge in [-0.3, -0.25) is 9.59 Å². The molecule has 0 bridgehead atoms. The molecule has 2 unspecified atom stereocenters. The Morgan fingerprint density at radius 2 is 1.73 bits per heavy atom. The van der Waals surface area contributed by atoms with Crippen molar-refractivity contribution in [3.63, 3.8) is 0 Å². The van der Waals surface area contributed by atoms with Gasteiger partial charge in [0, 0.05) is 5.69 Å². The highest BCUT2D eigenvalue weighted by atomic mass is 16.5. The van der Waals surface area contributed by atoms with Crippen LogP contribution in [0.2, 0.25) is 0 Å². The van der Waals surface area contributed by atoms with Crippen LogP contribution in [0.5, 0.6) is 11.5 Å². The number of amides is 2. The molecule has 1 heterocycles. The number of hydrogen-bond donors (Lipinski definition) is 2. The Labute approximate surface area is 174 Å². The zero-order chi connectivity index (χ0) is 21.1. The van der Waals surface area contributed by atoms with Crippen molar-refractivity contribution < 1.29 is 19.1 Å². The summed E-state index contributed by atoms with van der Waals surface area (Å²) in [6, 6.07) is 22.8. The van der Waals surface area contributed by atoms with E-state index in [1.807, 2.05) is 54.6 Å². The fourth-order valence-electron chi connectivity index (χ4n) is 3.14. The van der Waals surface area contributed by atoms with Crippen LogP contribution in [0.25, 0.3) is 11.1 Å². The molecule has 30 heavy (non-hydrogen) atoms. The number of benzene rings is 3. The van der Waals surface area contributed by atoms with Crippen molar-refractivity contribution in [1.82, 2.24) is 0 Å². The lowest BCUT2D eigenvalue weighted by atomic mass is 10.1. The number of hydrogen-bond acceptors (Lipinski definition) is 4. The predicted molar refractivity (Wildman–Crippen MR) is 116 cm³/mol. The first-order valence-corrected chi connectivity index (χ1v) is 9.74. The van der Waals surface area contributed by atoms with E-state index >= 15 is 0 Å². The van der Waals surface area contributed by atoms with E-state index in [1.165, 1.54) is 0 Å². The zero-order valence-corrected chi connectivity index (χ0v) is 16.7. The summed E-state index contributed by atoms with van der Waals surface area (Å²) in [6.07, 6.45) is -1.24. The number of nitrogens with one attached hydrogen (secondary N) is 2. The Bertz CT molecular complexity index is 1060. The molecule has 0 spiro atoms. The predicted octanol–water partition coefficient (Wildman–Crippen LogP) is 4.48. The van der Waals surface area contributed by atoms with Crippen molar-refractivity contribution in [2.24, 2.45) is 0 Å². The van der Waals surface area contributed by atoms with Crippen molar-refractivity contribution in [3.8, 4) is 22.6 Å². The van der Waals surface area contributed by atoms with Gasteiger partial charge in [-0.15, -0.1) is 0 Å². The minimum absolute atomic E-state index is 0.221. The average molecular weight is 402 g/mol. The van der Waals surface area contributed by atoms with Gasteiger partial charge >= 0.3 is 0 Å².